The van der Waals surface area contributed by atoms with Crippen molar-refractivity contribution in [3.63, 3.8) is 0 Å². The second-order valence-corrected chi connectivity index (χ2v) is 4.15. The van der Waals surface area contributed by atoms with Crippen molar-refractivity contribution in [3.05, 3.63) is 0 Å². The fourth-order valence-electron chi connectivity index (χ4n) is 1.26. The molecule has 0 saturated carbocycles. The summed E-state index contributed by atoms with van der Waals surface area (Å²) >= 11 is 5.85. The summed E-state index contributed by atoms with van der Waals surface area (Å²) in [5, 5.41) is 8.86. The average molecular weight is 221 g/mol. The number of ketones is 1. The Morgan fingerprint density at radius 1 is 1.29 bits per heavy atom. The number of halogens is 1. The van der Waals surface area contributed by atoms with Gasteiger partial charge in [-0.3, -0.25) is 4.79 Å². The summed E-state index contributed by atoms with van der Waals surface area (Å²) < 4.78 is 0. The molecule has 0 radical (unpaired) electrons. The molecule has 0 aliphatic heterocycles. The molecule has 0 heterocycles. The van der Waals surface area contributed by atoms with E-state index in [9.17, 15) is 9.90 Å². The highest BCUT2D eigenvalue weighted by molar-refractivity contribution is 6.31. The van der Waals surface area contributed by atoms with Crippen LogP contribution in [0.2, 0.25) is 0 Å². The van der Waals surface area contributed by atoms with E-state index in [1.807, 2.05) is 6.92 Å². The average Bonchev–Trinajstić information content (AvgIpc) is 2.21. The Morgan fingerprint density at radius 3 is 2.36 bits per heavy atom. The van der Waals surface area contributed by atoms with E-state index < -0.39 is 11.5 Å². The topological polar surface area (TPSA) is 37.3 Å². The lowest BCUT2D eigenvalue weighted by Crippen LogP contribution is -2.28. The molecule has 84 valence electrons. The molecule has 3 heteroatoms. The lowest BCUT2D eigenvalue weighted by molar-refractivity contribution is -0.120. The zero-order valence-electron chi connectivity index (χ0n) is 9.13. The second kappa shape index (κ2) is 8.25. The van der Waals surface area contributed by atoms with Crippen LogP contribution in [0.5, 0.6) is 0 Å². The van der Waals surface area contributed by atoms with Crippen LogP contribution in [0.3, 0.4) is 0 Å². The van der Waals surface area contributed by atoms with Crippen molar-refractivity contribution in [2.75, 3.05) is 0 Å². The quantitative estimate of drug-likeness (QED) is 0.639. The molecule has 0 aliphatic carbocycles. The van der Waals surface area contributed by atoms with E-state index in [1.165, 1.54) is 0 Å². The number of rotatable bonds is 8. The van der Waals surface area contributed by atoms with Gasteiger partial charge in [0.25, 0.3) is 0 Å². The summed E-state index contributed by atoms with van der Waals surface area (Å²) in [5.74, 6) is -0.0166. The Labute approximate surface area is 91.6 Å². The lowest BCUT2D eigenvalue weighted by Gasteiger charge is -2.15. The molecule has 14 heavy (non-hydrogen) atoms. The molecule has 0 saturated heterocycles. The van der Waals surface area contributed by atoms with Crippen LogP contribution in [0, 0.1) is 0 Å². The molecule has 0 aromatic carbocycles. The van der Waals surface area contributed by atoms with E-state index in [2.05, 4.69) is 6.92 Å². The van der Waals surface area contributed by atoms with Crippen molar-refractivity contribution < 1.29 is 9.90 Å². The van der Waals surface area contributed by atoms with E-state index >= 15 is 0 Å². The van der Waals surface area contributed by atoms with E-state index in [4.69, 9.17) is 11.6 Å². The molecule has 0 amide bonds. The van der Waals surface area contributed by atoms with Crippen molar-refractivity contribution in [1.29, 1.82) is 0 Å². The first kappa shape index (κ1) is 13.9. The van der Waals surface area contributed by atoms with Crippen molar-refractivity contribution in [2.24, 2.45) is 0 Å². The van der Waals surface area contributed by atoms with E-state index in [0.29, 0.717) is 12.8 Å². The number of unbranched alkanes of at least 4 members (excludes halogenated alkanes) is 2. The number of alkyl halides is 1. The Balaban J connectivity index is 3.78. The molecule has 0 aliphatic rings. The van der Waals surface area contributed by atoms with Gasteiger partial charge in [-0.05, 0) is 12.8 Å². The summed E-state index contributed by atoms with van der Waals surface area (Å²) in [4.78, 5) is 11.4. The molecule has 2 atom stereocenters. The number of carbonyl (C=O) groups is 1. The predicted octanol–water partition coefficient (Wildman–Crippen LogP) is 2.90. The maximum atomic E-state index is 11.4. The van der Waals surface area contributed by atoms with Gasteiger partial charge in [0.05, 0.1) is 6.10 Å². The molecule has 2 unspecified atom stereocenters. The molecular weight excluding hydrogens is 200 g/mol. The second-order valence-electron chi connectivity index (χ2n) is 3.68. The molecule has 0 fully saturated rings. The van der Waals surface area contributed by atoms with Gasteiger partial charge in [-0.2, -0.15) is 0 Å². The van der Waals surface area contributed by atoms with Gasteiger partial charge >= 0.3 is 0 Å². The first-order valence-electron chi connectivity index (χ1n) is 5.48. The number of Topliss-reactive ketones (excluding diaryl/α,β-unsaturated/α-hetero) is 1. The van der Waals surface area contributed by atoms with Gasteiger partial charge in [-0.25, -0.2) is 0 Å². The first-order valence-corrected chi connectivity index (χ1v) is 5.92. The first-order chi connectivity index (χ1) is 6.63. The van der Waals surface area contributed by atoms with Crippen LogP contribution in [0.15, 0.2) is 0 Å². The van der Waals surface area contributed by atoms with Gasteiger partial charge in [0, 0.05) is 6.42 Å². The van der Waals surface area contributed by atoms with Gasteiger partial charge in [0.2, 0.25) is 0 Å². The highest BCUT2D eigenvalue weighted by atomic mass is 35.5. The molecule has 0 spiro atoms. The third-order valence-corrected chi connectivity index (χ3v) is 2.81. The van der Waals surface area contributed by atoms with Crippen LogP contribution in [0.25, 0.3) is 0 Å². The summed E-state index contributed by atoms with van der Waals surface area (Å²) in [5.41, 5.74) is 0. The maximum absolute atomic E-state index is 11.4. The van der Waals surface area contributed by atoms with Crippen LogP contribution in [-0.2, 0) is 4.79 Å². The van der Waals surface area contributed by atoms with Crippen molar-refractivity contribution in [1.82, 2.24) is 0 Å². The van der Waals surface area contributed by atoms with E-state index in [1.54, 1.807) is 0 Å². The molecule has 0 aromatic rings. The SMILES string of the molecule is CCCCC(=O)C(Cl)C(O)CCCC. The van der Waals surface area contributed by atoms with E-state index in [-0.39, 0.29) is 5.78 Å². The van der Waals surface area contributed by atoms with Crippen molar-refractivity contribution in [2.45, 2.75) is 63.9 Å². The van der Waals surface area contributed by atoms with Crippen LogP contribution in [0.4, 0.5) is 0 Å². The molecule has 0 aromatic heterocycles. The summed E-state index contributed by atoms with van der Waals surface area (Å²) in [6, 6.07) is 0. The smallest absolute Gasteiger partial charge is 0.153 e. The van der Waals surface area contributed by atoms with Gasteiger partial charge in [-0.15, -0.1) is 11.6 Å². The minimum absolute atomic E-state index is 0.0166. The van der Waals surface area contributed by atoms with Crippen LogP contribution in [0.1, 0.15) is 52.4 Å². The van der Waals surface area contributed by atoms with Crippen LogP contribution >= 0.6 is 11.6 Å². The van der Waals surface area contributed by atoms with Gasteiger partial charge in [0.1, 0.15) is 5.38 Å². The van der Waals surface area contributed by atoms with E-state index in [0.717, 1.165) is 25.7 Å². The summed E-state index contributed by atoms with van der Waals surface area (Å²) in [6.45, 7) is 4.08. The Kier molecular flexibility index (Phi) is 8.20. The number of aliphatic hydroxyl groups excluding tert-OH is 1. The van der Waals surface area contributed by atoms with Crippen molar-refractivity contribution >= 4 is 17.4 Å². The number of hydrogen-bond acceptors (Lipinski definition) is 2. The third kappa shape index (κ3) is 5.61. The number of aliphatic hydroxyl groups is 1. The lowest BCUT2D eigenvalue weighted by atomic mass is 10.0. The fourth-order valence-corrected chi connectivity index (χ4v) is 1.50. The zero-order chi connectivity index (χ0) is 11.0. The standard InChI is InChI=1S/C11H21ClO2/c1-3-5-7-9(13)11(12)10(14)8-6-4-2/h9,11,13H,3-8H2,1-2H3. The minimum Gasteiger partial charge on any atom is -0.391 e. The molecule has 2 nitrogen and oxygen atoms in total. The molecular formula is C11H21ClO2. The fraction of sp³-hybridized carbons (Fsp3) is 0.909. The monoisotopic (exact) mass is 220 g/mol. The Hall–Kier alpha value is -0.0800. The molecule has 0 bridgehead atoms. The van der Waals surface area contributed by atoms with Gasteiger partial charge in [-0.1, -0.05) is 33.1 Å². The summed E-state index contributed by atoms with van der Waals surface area (Å²) in [7, 11) is 0. The third-order valence-electron chi connectivity index (χ3n) is 2.28. The highest BCUT2D eigenvalue weighted by Gasteiger charge is 2.22. The zero-order valence-corrected chi connectivity index (χ0v) is 9.89. The minimum atomic E-state index is -0.701. The molecule has 1 N–H and O–H groups in total. The normalized spacial score (nSPS) is 15.1. The number of hydrogen-bond donors (Lipinski definition) is 1. The molecule has 0 rings (SSSR count). The Bertz CT molecular complexity index is 159. The summed E-state index contributed by atoms with van der Waals surface area (Å²) in [6.07, 6.45) is 4.25. The van der Waals surface area contributed by atoms with Crippen LogP contribution < -0.4 is 0 Å². The Morgan fingerprint density at radius 2 is 1.86 bits per heavy atom. The van der Waals surface area contributed by atoms with Crippen molar-refractivity contribution in [3.8, 4) is 0 Å². The highest BCUT2D eigenvalue weighted by Crippen LogP contribution is 2.14. The number of carbonyl (C=O) groups excluding carboxylic acids is 1. The van der Waals surface area contributed by atoms with Crippen LogP contribution in [-0.4, -0.2) is 22.4 Å². The predicted molar refractivity (Wildman–Crippen MR) is 59.7 cm³/mol. The largest absolute Gasteiger partial charge is 0.391 e. The van der Waals surface area contributed by atoms with Gasteiger partial charge < -0.3 is 5.11 Å². The van der Waals surface area contributed by atoms with Gasteiger partial charge in [0.15, 0.2) is 5.78 Å². The maximum Gasteiger partial charge on any atom is 0.153 e.